The lowest BCUT2D eigenvalue weighted by molar-refractivity contribution is 0.276. The molecule has 0 fully saturated rings. The molecular weight excluding hydrogens is 463 g/mol. The first-order valence-corrected chi connectivity index (χ1v) is 10.9. The minimum Gasteiger partial charge on any atom is -0.390 e. The standard InChI is InChI=1S/C25H19FN8O2/c1-14-8-17(9-20(13-35)30-14)21-22(16-3-5-18(26)6-4-16)31-24(28)34-23(21)32-33(25(34)36)12-19-7-2-15(10-27)11-29-19/h2-9,11,35H,12-13H2,1H3,(H2,28,31). The monoisotopic (exact) mass is 482 g/mol. The lowest BCUT2D eigenvalue weighted by atomic mass is 9.99. The molecule has 36 heavy (non-hydrogen) atoms. The predicted octanol–water partition coefficient (Wildman–Crippen LogP) is 2.46. The van der Waals surface area contributed by atoms with Crippen molar-refractivity contribution in [3.05, 3.63) is 93.7 Å². The van der Waals surface area contributed by atoms with E-state index in [-0.39, 0.29) is 24.7 Å². The van der Waals surface area contributed by atoms with Gasteiger partial charge in [0.05, 0.1) is 41.4 Å². The van der Waals surface area contributed by atoms with E-state index in [0.717, 1.165) is 0 Å². The van der Waals surface area contributed by atoms with Crippen LogP contribution in [0.25, 0.3) is 28.0 Å². The van der Waals surface area contributed by atoms with E-state index in [1.54, 1.807) is 43.3 Å². The SMILES string of the molecule is Cc1cc(-c2c(-c3ccc(F)cc3)nc(N)n3c(=O)n(Cc4ccc(C#N)cn4)nc23)cc(CO)n1. The molecule has 0 saturated carbocycles. The maximum absolute atomic E-state index is 13.7. The second-order valence-electron chi connectivity index (χ2n) is 8.10. The number of halogens is 1. The largest absolute Gasteiger partial charge is 0.390 e. The van der Waals surface area contributed by atoms with Crippen molar-refractivity contribution in [3.63, 3.8) is 0 Å². The third-order valence-corrected chi connectivity index (χ3v) is 5.60. The molecule has 3 N–H and O–H groups in total. The molecule has 10 nitrogen and oxygen atoms in total. The first-order valence-electron chi connectivity index (χ1n) is 10.9. The van der Waals surface area contributed by atoms with E-state index in [0.29, 0.717) is 45.0 Å². The number of pyridine rings is 2. The van der Waals surface area contributed by atoms with Gasteiger partial charge < -0.3 is 10.8 Å². The molecule has 4 aromatic heterocycles. The molecule has 0 aliphatic heterocycles. The molecule has 0 unspecified atom stereocenters. The molecule has 178 valence electrons. The minimum atomic E-state index is -0.527. The van der Waals surface area contributed by atoms with Crippen LogP contribution >= 0.6 is 0 Å². The Bertz CT molecular complexity index is 1700. The maximum Gasteiger partial charge on any atom is 0.353 e. The number of hydrogen-bond donors (Lipinski definition) is 2. The van der Waals surface area contributed by atoms with Crippen LogP contribution in [-0.2, 0) is 13.2 Å². The number of nitrogens with zero attached hydrogens (tertiary/aromatic N) is 7. The van der Waals surface area contributed by atoms with Gasteiger partial charge in [0.1, 0.15) is 11.9 Å². The van der Waals surface area contributed by atoms with Gasteiger partial charge in [-0.15, -0.1) is 5.10 Å². The summed E-state index contributed by atoms with van der Waals surface area (Å²) in [5.74, 6) is -0.502. The van der Waals surface area contributed by atoms with Gasteiger partial charge in [0.2, 0.25) is 5.95 Å². The Labute approximate surface area is 203 Å². The van der Waals surface area contributed by atoms with Crippen LogP contribution in [0.3, 0.4) is 0 Å². The molecule has 0 aliphatic carbocycles. The van der Waals surface area contributed by atoms with E-state index in [9.17, 15) is 14.3 Å². The van der Waals surface area contributed by atoms with E-state index in [1.165, 1.54) is 27.4 Å². The third kappa shape index (κ3) is 4.06. The molecule has 5 rings (SSSR count). The van der Waals surface area contributed by atoms with Crippen molar-refractivity contribution < 1.29 is 9.50 Å². The summed E-state index contributed by atoms with van der Waals surface area (Å²) in [6.45, 7) is 1.53. The zero-order valence-electron chi connectivity index (χ0n) is 19.1. The number of benzene rings is 1. The summed E-state index contributed by atoms with van der Waals surface area (Å²) in [6, 6.07) is 14.4. The van der Waals surface area contributed by atoms with Gasteiger partial charge in [0.15, 0.2) is 5.65 Å². The first kappa shape index (κ1) is 22.8. The topological polar surface area (TPSA) is 148 Å². The Morgan fingerprint density at radius 2 is 1.86 bits per heavy atom. The van der Waals surface area contributed by atoms with Crippen molar-refractivity contribution in [3.8, 4) is 28.5 Å². The molecule has 0 spiro atoms. The molecular formula is C25H19FN8O2. The average molecular weight is 482 g/mol. The summed E-state index contributed by atoms with van der Waals surface area (Å²) < 4.78 is 16.1. The average Bonchev–Trinajstić information content (AvgIpc) is 3.20. The van der Waals surface area contributed by atoms with Crippen molar-refractivity contribution in [1.29, 1.82) is 5.26 Å². The highest BCUT2D eigenvalue weighted by Crippen LogP contribution is 2.35. The summed E-state index contributed by atoms with van der Waals surface area (Å²) in [6.07, 6.45) is 1.42. The highest BCUT2D eigenvalue weighted by Gasteiger charge is 2.22. The van der Waals surface area contributed by atoms with E-state index < -0.39 is 11.5 Å². The number of nitrogen functional groups attached to an aromatic ring is 1. The predicted molar refractivity (Wildman–Crippen MR) is 129 cm³/mol. The zero-order chi connectivity index (χ0) is 25.4. The summed E-state index contributed by atoms with van der Waals surface area (Å²) >= 11 is 0. The van der Waals surface area contributed by atoms with Crippen molar-refractivity contribution in [1.82, 2.24) is 29.1 Å². The summed E-state index contributed by atoms with van der Waals surface area (Å²) in [5, 5.41) is 23.3. The summed E-state index contributed by atoms with van der Waals surface area (Å²) in [7, 11) is 0. The fraction of sp³-hybridized carbons (Fsp3) is 0.120. The van der Waals surface area contributed by atoms with Gasteiger partial charge in [0, 0.05) is 17.5 Å². The maximum atomic E-state index is 13.7. The molecule has 1 aromatic carbocycles. The van der Waals surface area contributed by atoms with Gasteiger partial charge in [-0.3, -0.25) is 9.97 Å². The molecule has 0 radical (unpaired) electrons. The number of nitrogens with two attached hydrogens (primary N) is 1. The number of aromatic nitrogens is 6. The van der Waals surface area contributed by atoms with Gasteiger partial charge in [0.25, 0.3) is 0 Å². The first-order chi connectivity index (χ1) is 17.4. The van der Waals surface area contributed by atoms with Crippen LogP contribution in [0, 0.1) is 24.1 Å². The van der Waals surface area contributed by atoms with Crippen LogP contribution in [0.15, 0.2) is 59.5 Å². The Balaban J connectivity index is 1.78. The van der Waals surface area contributed by atoms with Gasteiger partial charge in [-0.25, -0.2) is 23.3 Å². The van der Waals surface area contributed by atoms with Crippen LogP contribution in [-0.4, -0.2) is 34.2 Å². The van der Waals surface area contributed by atoms with Crippen molar-refractivity contribution in [2.75, 3.05) is 5.73 Å². The van der Waals surface area contributed by atoms with E-state index in [2.05, 4.69) is 20.1 Å². The fourth-order valence-corrected chi connectivity index (χ4v) is 3.99. The number of fused-ring (bicyclic) bond motifs is 1. The number of hydrogen-bond acceptors (Lipinski definition) is 8. The fourth-order valence-electron chi connectivity index (χ4n) is 3.99. The number of rotatable bonds is 5. The summed E-state index contributed by atoms with van der Waals surface area (Å²) in [4.78, 5) is 26.3. The van der Waals surface area contributed by atoms with Crippen molar-refractivity contribution in [2.45, 2.75) is 20.1 Å². The van der Waals surface area contributed by atoms with Gasteiger partial charge in [-0.05, 0) is 61.0 Å². The number of aliphatic hydroxyl groups excluding tert-OH is 1. The van der Waals surface area contributed by atoms with Gasteiger partial charge in [-0.1, -0.05) is 0 Å². The van der Waals surface area contributed by atoms with Gasteiger partial charge in [-0.2, -0.15) is 5.26 Å². The number of anilines is 1. The highest BCUT2D eigenvalue weighted by molar-refractivity contribution is 5.90. The lowest BCUT2D eigenvalue weighted by Gasteiger charge is -2.13. The zero-order valence-corrected chi connectivity index (χ0v) is 19.1. The number of nitriles is 1. The molecule has 0 amide bonds. The van der Waals surface area contributed by atoms with Crippen LogP contribution in [0.4, 0.5) is 10.3 Å². The van der Waals surface area contributed by atoms with Crippen molar-refractivity contribution >= 4 is 11.6 Å². The third-order valence-electron chi connectivity index (χ3n) is 5.60. The Morgan fingerprint density at radius 3 is 2.53 bits per heavy atom. The molecule has 5 aromatic rings. The second-order valence-corrected chi connectivity index (χ2v) is 8.10. The second kappa shape index (κ2) is 9.01. The van der Waals surface area contributed by atoms with Crippen LogP contribution < -0.4 is 11.4 Å². The lowest BCUT2D eigenvalue weighted by Crippen LogP contribution is -2.24. The molecule has 0 saturated heterocycles. The van der Waals surface area contributed by atoms with Crippen LogP contribution in [0.1, 0.15) is 22.6 Å². The number of aliphatic hydroxyl groups is 1. The smallest absolute Gasteiger partial charge is 0.353 e. The van der Waals surface area contributed by atoms with Gasteiger partial charge >= 0.3 is 5.69 Å². The molecule has 0 bridgehead atoms. The minimum absolute atomic E-state index is 0.0360. The summed E-state index contributed by atoms with van der Waals surface area (Å²) in [5.41, 5.74) is 9.95. The molecule has 0 aliphatic rings. The van der Waals surface area contributed by atoms with Crippen LogP contribution in [0.2, 0.25) is 0 Å². The molecule has 4 heterocycles. The van der Waals surface area contributed by atoms with E-state index in [1.807, 2.05) is 6.07 Å². The van der Waals surface area contributed by atoms with E-state index >= 15 is 0 Å². The Morgan fingerprint density at radius 1 is 1.08 bits per heavy atom. The Hall–Kier alpha value is -4.95. The van der Waals surface area contributed by atoms with Crippen molar-refractivity contribution in [2.24, 2.45) is 0 Å². The molecule has 11 heteroatoms. The number of aryl methyl sites for hydroxylation is 1. The van der Waals surface area contributed by atoms with Crippen LogP contribution in [0.5, 0.6) is 0 Å². The quantitative estimate of drug-likeness (QED) is 0.388. The normalized spacial score (nSPS) is 11.1. The molecule has 0 atom stereocenters. The highest BCUT2D eigenvalue weighted by atomic mass is 19.1. The van der Waals surface area contributed by atoms with E-state index in [4.69, 9.17) is 11.0 Å². The Kier molecular flexibility index (Phi) is 5.71.